The van der Waals surface area contributed by atoms with Gasteiger partial charge < -0.3 is 15.5 Å². The molecule has 2 N–H and O–H groups in total. The second kappa shape index (κ2) is 10.3. The lowest BCUT2D eigenvalue weighted by Gasteiger charge is -2.33. The molecule has 1 heterocycles. The van der Waals surface area contributed by atoms with Gasteiger partial charge in [0.05, 0.1) is 0 Å². The van der Waals surface area contributed by atoms with E-state index in [4.69, 9.17) is 0 Å². The molecule has 3 amide bonds. The zero-order chi connectivity index (χ0) is 24.1. The molecule has 1 aliphatic rings. The van der Waals surface area contributed by atoms with Gasteiger partial charge in [0.2, 0.25) is 11.8 Å². The molecule has 1 saturated heterocycles. The average molecular weight is 456 g/mol. The fourth-order valence-corrected chi connectivity index (χ4v) is 4.39. The third-order valence-corrected chi connectivity index (χ3v) is 6.18. The lowest BCUT2D eigenvalue weighted by molar-refractivity contribution is -0.141. The number of anilines is 1. The van der Waals surface area contributed by atoms with Gasteiger partial charge in [-0.05, 0) is 42.5 Å². The molecule has 4 rings (SSSR count). The molecular formula is C28H29N3O3. The molecular weight excluding hydrogens is 426 g/mol. The van der Waals surface area contributed by atoms with Crippen LogP contribution in [0.25, 0.3) is 0 Å². The van der Waals surface area contributed by atoms with E-state index in [1.54, 1.807) is 4.90 Å². The van der Waals surface area contributed by atoms with Gasteiger partial charge in [-0.1, -0.05) is 78.9 Å². The fraction of sp³-hybridized carbons (Fsp3) is 0.250. The number of amides is 3. The Morgan fingerprint density at radius 1 is 0.941 bits per heavy atom. The zero-order valence-electron chi connectivity index (χ0n) is 19.5. The summed E-state index contributed by atoms with van der Waals surface area (Å²) in [6, 6.07) is 23.2. The number of nitrogens with one attached hydrogen (secondary N) is 2. The molecule has 0 saturated carbocycles. The molecule has 1 aliphatic heterocycles. The standard InChI is InChI=1S/C28H29N3O3/c1-19-10-9-11-20(2)25(19)30-27(33)26(22-14-7-4-8-15-22)31(18-21-12-5-3-6-13-21)28(34)23-16-17-24(32)29-23/h3-15,23,26H,16-18H2,1-2H3,(H,29,32)(H,30,33). The summed E-state index contributed by atoms with van der Waals surface area (Å²) in [4.78, 5) is 41.0. The maximum absolute atomic E-state index is 13.8. The van der Waals surface area contributed by atoms with Crippen molar-refractivity contribution in [1.82, 2.24) is 10.2 Å². The van der Waals surface area contributed by atoms with E-state index in [1.807, 2.05) is 92.7 Å². The van der Waals surface area contributed by atoms with Crippen LogP contribution in [0.2, 0.25) is 0 Å². The van der Waals surface area contributed by atoms with E-state index in [1.165, 1.54) is 0 Å². The highest BCUT2D eigenvalue weighted by molar-refractivity contribution is 6.00. The molecule has 2 atom stereocenters. The van der Waals surface area contributed by atoms with Crippen LogP contribution >= 0.6 is 0 Å². The van der Waals surface area contributed by atoms with Gasteiger partial charge >= 0.3 is 0 Å². The number of aryl methyl sites for hydroxylation is 2. The van der Waals surface area contributed by atoms with Gasteiger partial charge in [-0.25, -0.2) is 0 Å². The molecule has 3 aromatic rings. The van der Waals surface area contributed by atoms with E-state index >= 15 is 0 Å². The number of nitrogens with zero attached hydrogens (tertiary/aromatic N) is 1. The van der Waals surface area contributed by atoms with Gasteiger partial charge in [0.25, 0.3) is 5.91 Å². The molecule has 34 heavy (non-hydrogen) atoms. The van der Waals surface area contributed by atoms with Crippen molar-refractivity contribution in [2.24, 2.45) is 0 Å². The Morgan fingerprint density at radius 2 is 1.56 bits per heavy atom. The third kappa shape index (κ3) is 5.17. The average Bonchev–Trinajstić information content (AvgIpc) is 3.28. The number of para-hydroxylation sites is 1. The first-order valence-corrected chi connectivity index (χ1v) is 11.5. The Kier molecular flexibility index (Phi) is 7.07. The minimum Gasteiger partial charge on any atom is -0.344 e. The summed E-state index contributed by atoms with van der Waals surface area (Å²) in [5, 5.41) is 5.85. The second-order valence-corrected chi connectivity index (χ2v) is 8.68. The van der Waals surface area contributed by atoms with Crippen LogP contribution in [-0.2, 0) is 20.9 Å². The summed E-state index contributed by atoms with van der Waals surface area (Å²) in [5.74, 6) is -0.702. The molecule has 0 bridgehead atoms. The van der Waals surface area contributed by atoms with Gasteiger partial charge in [0.15, 0.2) is 0 Å². The van der Waals surface area contributed by atoms with Crippen molar-refractivity contribution in [3.8, 4) is 0 Å². The minimum absolute atomic E-state index is 0.144. The summed E-state index contributed by atoms with van der Waals surface area (Å²) >= 11 is 0. The van der Waals surface area contributed by atoms with Crippen LogP contribution in [0.4, 0.5) is 5.69 Å². The summed E-state index contributed by atoms with van der Waals surface area (Å²) in [6.07, 6.45) is 0.725. The minimum atomic E-state index is -0.870. The van der Waals surface area contributed by atoms with Crippen molar-refractivity contribution in [2.45, 2.75) is 45.3 Å². The van der Waals surface area contributed by atoms with Crippen LogP contribution in [0.15, 0.2) is 78.9 Å². The largest absolute Gasteiger partial charge is 0.344 e. The van der Waals surface area contributed by atoms with Crippen molar-refractivity contribution < 1.29 is 14.4 Å². The molecule has 0 spiro atoms. The second-order valence-electron chi connectivity index (χ2n) is 8.68. The first-order valence-electron chi connectivity index (χ1n) is 11.5. The Bertz CT molecular complexity index is 1160. The van der Waals surface area contributed by atoms with Crippen molar-refractivity contribution in [3.63, 3.8) is 0 Å². The van der Waals surface area contributed by atoms with Crippen LogP contribution < -0.4 is 10.6 Å². The summed E-state index contributed by atoms with van der Waals surface area (Å²) < 4.78 is 0. The third-order valence-electron chi connectivity index (χ3n) is 6.18. The molecule has 0 aromatic heterocycles. The molecule has 174 valence electrons. The maximum atomic E-state index is 13.8. The van der Waals surface area contributed by atoms with Crippen LogP contribution in [0.5, 0.6) is 0 Å². The normalized spacial score (nSPS) is 15.9. The van der Waals surface area contributed by atoms with Gasteiger partial charge in [-0.2, -0.15) is 0 Å². The highest BCUT2D eigenvalue weighted by Gasteiger charge is 2.37. The molecule has 2 unspecified atom stereocenters. The number of carbonyl (C=O) groups excluding carboxylic acids is 3. The first-order chi connectivity index (χ1) is 16.4. The predicted molar refractivity (Wildman–Crippen MR) is 132 cm³/mol. The first kappa shape index (κ1) is 23.2. The molecule has 0 aliphatic carbocycles. The van der Waals surface area contributed by atoms with Gasteiger partial charge in [-0.15, -0.1) is 0 Å². The van der Waals surface area contributed by atoms with Gasteiger partial charge in [0, 0.05) is 18.7 Å². The predicted octanol–water partition coefficient (Wildman–Crippen LogP) is 4.29. The van der Waals surface area contributed by atoms with Crippen LogP contribution in [-0.4, -0.2) is 28.7 Å². The molecule has 1 fully saturated rings. The quantitative estimate of drug-likeness (QED) is 0.558. The van der Waals surface area contributed by atoms with Crippen LogP contribution in [0.1, 0.15) is 41.1 Å². The smallest absolute Gasteiger partial charge is 0.251 e. The van der Waals surface area contributed by atoms with Crippen LogP contribution in [0.3, 0.4) is 0 Å². The highest BCUT2D eigenvalue weighted by atomic mass is 16.2. The number of hydrogen-bond acceptors (Lipinski definition) is 3. The molecule has 6 nitrogen and oxygen atoms in total. The zero-order valence-corrected chi connectivity index (χ0v) is 19.5. The number of hydrogen-bond donors (Lipinski definition) is 2. The SMILES string of the molecule is Cc1cccc(C)c1NC(=O)C(c1ccccc1)N(Cc1ccccc1)C(=O)C1CCC(=O)N1. The Labute approximate surface area is 200 Å². The van der Waals surface area contributed by atoms with E-state index < -0.39 is 12.1 Å². The number of benzene rings is 3. The maximum Gasteiger partial charge on any atom is 0.251 e. The number of rotatable bonds is 7. The summed E-state index contributed by atoms with van der Waals surface area (Å²) in [6.45, 7) is 4.13. The fourth-order valence-electron chi connectivity index (χ4n) is 4.39. The van der Waals surface area contributed by atoms with Gasteiger partial charge in [-0.3, -0.25) is 14.4 Å². The Morgan fingerprint density at radius 3 is 2.15 bits per heavy atom. The van der Waals surface area contributed by atoms with E-state index in [0.29, 0.717) is 18.4 Å². The number of carbonyl (C=O) groups is 3. The van der Waals surface area contributed by atoms with E-state index in [-0.39, 0.29) is 24.3 Å². The van der Waals surface area contributed by atoms with Gasteiger partial charge in [0.1, 0.15) is 12.1 Å². The van der Waals surface area contributed by atoms with E-state index in [0.717, 1.165) is 22.4 Å². The lowest BCUT2D eigenvalue weighted by Crippen LogP contribution is -2.48. The molecule has 0 radical (unpaired) electrons. The highest BCUT2D eigenvalue weighted by Crippen LogP contribution is 2.29. The van der Waals surface area contributed by atoms with Crippen molar-refractivity contribution >= 4 is 23.4 Å². The summed E-state index contributed by atoms with van der Waals surface area (Å²) in [7, 11) is 0. The van der Waals surface area contributed by atoms with Crippen molar-refractivity contribution in [1.29, 1.82) is 0 Å². The molecule has 6 heteroatoms. The lowest BCUT2D eigenvalue weighted by atomic mass is 10.0. The van der Waals surface area contributed by atoms with E-state index in [2.05, 4.69) is 10.6 Å². The Hall–Kier alpha value is -3.93. The van der Waals surface area contributed by atoms with Crippen molar-refractivity contribution in [3.05, 3.63) is 101 Å². The van der Waals surface area contributed by atoms with Crippen LogP contribution in [0, 0.1) is 13.8 Å². The Balaban J connectivity index is 1.75. The summed E-state index contributed by atoms with van der Waals surface area (Å²) in [5.41, 5.74) is 4.25. The van der Waals surface area contributed by atoms with Crippen molar-refractivity contribution in [2.75, 3.05) is 5.32 Å². The molecule has 3 aromatic carbocycles. The van der Waals surface area contributed by atoms with E-state index in [9.17, 15) is 14.4 Å². The monoisotopic (exact) mass is 455 g/mol. The topological polar surface area (TPSA) is 78.5 Å².